The fourth-order valence-corrected chi connectivity index (χ4v) is 11.5. The van der Waals surface area contributed by atoms with Crippen molar-refractivity contribution >= 4 is 55.0 Å². The summed E-state index contributed by atoms with van der Waals surface area (Å²) in [7, 11) is 0. The van der Waals surface area contributed by atoms with Crippen molar-refractivity contribution in [3.05, 3.63) is 144 Å². The highest BCUT2D eigenvalue weighted by Crippen LogP contribution is 2.55. The lowest BCUT2D eigenvalue weighted by atomic mass is 9.80. The van der Waals surface area contributed by atoms with E-state index in [1.807, 2.05) is 35.7 Å². The van der Waals surface area contributed by atoms with Crippen molar-refractivity contribution in [2.75, 3.05) is 11.1 Å². The molecular formula is C56H71BrN2S2. The maximum atomic E-state index is 5.73. The summed E-state index contributed by atoms with van der Waals surface area (Å²) in [5, 5.41) is 4.94. The van der Waals surface area contributed by atoms with Gasteiger partial charge in [0.05, 0.1) is 8.79 Å². The van der Waals surface area contributed by atoms with Gasteiger partial charge in [-0.25, -0.2) is 0 Å². The largest absolute Gasteiger partial charge is 0.399 e. The summed E-state index contributed by atoms with van der Waals surface area (Å²) in [6, 6.07) is 31.8. The molecule has 324 valence electrons. The first-order valence-electron chi connectivity index (χ1n) is 21.9. The summed E-state index contributed by atoms with van der Waals surface area (Å²) in [5.74, 6) is 0. The van der Waals surface area contributed by atoms with Crippen LogP contribution in [0.25, 0.3) is 20.9 Å². The molecule has 3 N–H and O–H groups in total. The van der Waals surface area contributed by atoms with E-state index in [1.54, 1.807) is 0 Å². The molecule has 61 heavy (non-hydrogen) atoms. The second-order valence-electron chi connectivity index (χ2n) is 22.6. The molecule has 0 unspecified atom stereocenters. The van der Waals surface area contributed by atoms with Gasteiger partial charge in [-0.1, -0.05) is 159 Å². The normalized spacial score (nSPS) is 14.8. The second kappa shape index (κ2) is 16.2. The lowest BCUT2D eigenvalue weighted by Gasteiger charge is -2.24. The van der Waals surface area contributed by atoms with E-state index in [0.29, 0.717) is 0 Å². The van der Waals surface area contributed by atoms with Crippen LogP contribution in [0.3, 0.4) is 0 Å². The Morgan fingerprint density at radius 2 is 0.869 bits per heavy atom. The van der Waals surface area contributed by atoms with Crippen LogP contribution in [0, 0.1) is 13.8 Å². The molecule has 8 rings (SSSR count). The zero-order chi connectivity index (χ0) is 45.4. The molecule has 0 radical (unpaired) electrons. The number of nitrogen functional groups attached to an aromatic ring is 1. The van der Waals surface area contributed by atoms with E-state index in [2.05, 4.69) is 218 Å². The summed E-state index contributed by atoms with van der Waals surface area (Å²) >= 11 is 7.38. The van der Waals surface area contributed by atoms with Crippen LogP contribution in [0.5, 0.6) is 0 Å². The van der Waals surface area contributed by atoms with Gasteiger partial charge in [0, 0.05) is 32.0 Å². The maximum Gasteiger partial charge on any atom is 0.0936 e. The predicted octanol–water partition coefficient (Wildman–Crippen LogP) is 17.7. The number of nitrogens with one attached hydrogen (secondary N) is 1. The third-order valence-corrected chi connectivity index (χ3v) is 15.6. The van der Waals surface area contributed by atoms with Gasteiger partial charge in [-0.15, -0.1) is 22.7 Å². The van der Waals surface area contributed by atoms with Gasteiger partial charge in [-0.2, -0.15) is 0 Å². The van der Waals surface area contributed by atoms with Gasteiger partial charge in [-0.05, 0) is 155 Å². The lowest BCUT2D eigenvalue weighted by molar-refractivity contribution is 0.589. The van der Waals surface area contributed by atoms with E-state index >= 15 is 0 Å². The molecule has 2 aliphatic rings. The van der Waals surface area contributed by atoms with Crippen LogP contribution in [0.15, 0.2) is 88.7 Å². The Morgan fingerprint density at radius 1 is 0.475 bits per heavy atom. The lowest BCUT2D eigenvalue weighted by Crippen LogP contribution is -2.16. The molecule has 0 bridgehead atoms. The number of hydrogen-bond donors (Lipinski definition) is 2. The standard InChI is InChI=1S/C28H35NS.C17H19BrS.C11H17N/c1-17-14-18(26(2,3)4)11-13-23(17)29-24-16-22-25(30-24)20-15-19(27(5,6)7)10-12-21(20)28(22,8)9;1-16(2,3)10-6-7-12-11(8-10)15-13(17(12,4)5)9-14(18)19-15;1-8-7-9(11(2,3)4)5-6-10(8)12/h10-16,29H,1-9H3;6-9H,1-5H3;5-7H,12H2,1-4H3. The monoisotopic (exact) mass is 914 g/mol. The van der Waals surface area contributed by atoms with Crippen LogP contribution in [0.1, 0.15) is 166 Å². The van der Waals surface area contributed by atoms with Gasteiger partial charge < -0.3 is 11.1 Å². The van der Waals surface area contributed by atoms with Crippen molar-refractivity contribution in [1.29, 1.82) is 0 Å². The molecule has 2 aliphatic carbocycles. The van der Waals surface area contributed by atoms with Crippen molar-refractivity contribution in [2.24, 2.45) is 0 Å². The van der Waals surface area contributed by atoms with E-state index < -0.39 is 0 Å². The molecule has 0 fully saturated rings. The molecule has 0 amide bonds. The highest BCUT2D eigenvalue weighted by atomic mass is 79.9. The quantitative estimate of drug-likeness (QED) is 0.170. The Morgan fingerprint density at radius 3 is 1.31 bits per heavy atom. The Bertz CT molecular complexity index is 2590. The molecule has 2 nitrogen and oxygen atoms in total. The summed E-state index contributed by atoms with van der Waals surface area (Å²) < 4.78 is 1.23. The topological polar surface area (TPSA) is 38.0 Å². The zero-order valence-electron chi connectivity index (χ0n) is 40.4. The van der Waals surface area contributed by atoms with Gasteiger partial charge in [0.1, 0.15) is 0 Å². The molecule has 0 atom stereocenters. The van der Waals surface area contributed by atoms with E-state index in [0.717, 1.165) is 5.69 Å². The molecule has 0 saturated carbocycles. The Kier molecular flexibility index (Phi) is 12.4. The van der Waals surface area contributed by atoms with Crippen LogP contribution in [0.2, 0.25) is 0 Å². The molecule has 0 saturated heterocycles. The molecule has 0 spiro atoms. The number of benzene rings is 4. The van der Waals surface area contributed by atoms with Crippen molar-refractivity contribution in [3.8, 4) is 20.9 Å². The van der Waals surface area contributed by atoms with Crippen molar-refractivity contribution in [2.45, 2.75) is 157 Å². The fraction of sp³-hybridized carbons (Fsp3) is 0.429. The molecule has 6 aromatic rings. The SMILES string of the molecule is CC(C)(C)c1ccc2c(c1)-c1sc(Br)cc1C2(C)C.Cc1cc(C(C)(C)C)ccc1N.Cc1cc(C(C)(C)C)ccc1Nc1cc2c(s1)-c1cc(C(C)(C)C)ccc1C2(C)C. The van der Waals surface area contributed by atoms with Crippen LogP contribution < -0.4 is 11.1 Å². The number of nitrogens with two attached hydrogens (primary N) is 1. The van der Waals surface area contributed by atoms with Gasteiger partial charge >= 0.3 is 0 Å². The number of fused-ring (bicyclic) bond motifs is 6. The van der Waals surface area contributed by atoms with Crippen LogP contribution in [-0.4, -0.2) is 0 Å². The number of halogens is 1. The molecule has 5 heteroatoms. The van der Waals surface area contributed by atoms with E-state index in [1.165, 1.54) is 91.0 Å². The summed E-state index contributed by atoms with van der Waals surface area (Å²) in [5.41, 5.74) is 25.4. The van der Waals surface area contributed by atoms with Crippen molar-refractivity contribution in [3.63, 3.8) is 0 Å². The van der Waals surface area contributed by atoms with Crippen LogP contribution in [-0.2, 0) is 32.5 Å². The van der Waals surface area contributed by atoms with Gasteiger partial charge in [0.2, 0.25) is 0 Å². The smallest absolute Gasteiger partial charge is 0.0936 e. The first kappa shape index (κ1) is 46.9. The third kappa shape index (κ3) is 9.51. The van der Waals surface area contributed by atoms with E-state index in [9.17, 15) is 0 Å². The fourth-order valence-electron chi connectivity index (χ4n) is 8.47. The van der Waals surface area contributed by atoms with Gasteiger partial charge in [0.25, 0.3) is 0 Å². The summed E-state index contributed by atoms with van der Waals surface area (Å²) in [4.78, 5) is 2.87. The first-order valence-corrected chi connectivity index (χ1v) is 24.3. The second-order valence-corrected chi connectivity index (χ2v) is 26.1. The molecule has 2 aromatic heterocycles. The average Bonchev–Trinajstić information content (AvgIpc) is 3.85. The Labute approximate surface area is 386 Å². The first-order chi connectivity index (χ1) is 27.9. The summed E-state index contributed by atoms with van der Waals surface area (Å²) in [6.07, 6.45) is 0. The molecule has 0 aliphatic heterocycles. The highest BCUT2D eigenvalue weighted by Gasteiger charge is 2.39. The Hall–Kier alpha value is -3.64. The number of hydrogen-bond acceptors (Lipinski definition) is 4. The van der Waals surface area contributed by atoms with E-state index in [4.69, 9.17) is 5.73 Å². The predicted molar refractivity (Wildman–Crippen MR) is 276 cm³/mol. The third-order valence-electron chi connectivity index (χ3n) is 12.9. The molecule has 4 aromatic carbocycles. The summed E-state index contributed by atoms with van der Waals surface area (Å²) in [6.45, 7) is 40.7. The minimum Gasteiger partial charge on any atom is -0.399 e. The van der Waals surface area contributed by atoms with Crippen LogP contribution in [0.4, 0.5) is 16.4 Å². The Balaban J connectivity index is 0.000000171. The zero-order valence-corrected chi connectivity index (χ0v) is 43.6. The number of thiophene rings is 2. The number of aryl methyl sites for hydroxylation is 2. The van der Waals surface area contributed by atoms with Crippen LogP contribution >= 0.6 is 38.6 Å². The van der Waals surface area contributed by atoms with Crippen molar-refractivity contribution < 1.29 is 0 Å². The van der Waals surface area contributed by atoms with Crippen molar-refractivity contribution in [1.82, 2.24) is 0 Å². The van der Waals surface area contributed by atoms with Gasteiger partial charge in [-0.3, -0.25) is 0 Å². The maximum absolute atomic E-state index is 5.73. The minimum absolute atomic E-state index is 0.0443. The minimum atomic E-state index is 0.0443. The highest BCUT2D eigenvalue weighted by molar-refractivity contribution is 9.11. The van der Waals surface area contributed by atoms with E-state index in [-0.39, 0.29) is 32.5 Å². The molecule has 2 heterocycles. The number of rotatable bonds is 2. The number of anilines is 3. The molecular weight excluding hydrogens is 845 g/mol. The average molecular weight is 916 g/mol. The van der Waals surface area contributed by atoms with Gasteiger partial charge in [0.15, 0.2) is 0 Å².